The molecule has 2 aromatic rings. The minimum Gasteiger partial charge on any atom is -0.480 e. The van der Waals surface area contributed by atoms with Gasteiger partial charge in [-0.3, -0.25) is 14.6 Å². The Bertz CT molecular complexity index is 981. The molecule has 0 spiro atoms. The van der Waals surface area contributed by atoms with E-state index in [0.29, 0.717) is 26.2 Å². The zero-order valence-corrected chi connectivity index (χ0v) is 22.2. The van der Waals surface area contributed by atoms with Crippen molar-refractivity contribution in [3.63, 3.8) is 0 Å². The van der Waals surface area contributed by atoms with Crippen molar-refractivity contribution in [1.29, 1.82) is 0 Å². The van der Waals surface area contributed by atoms with Crippen LogP contribution in [0.25, 0.3) is 0 Å². The quantitative estimate of drug-likeness (QED) is 0.181. The lowest BCUT2D eigenvalue weighted by molar-refractivity contribution is -0.144. The van der Waals surface area contributed by atoms with Crippen LogP contribution in [0.1, 0.15) is 11.1 Å². The number of ether oxygens (including phenoxy) is 2. The Kier molecular flexibility index (Phi) is 15.0. The van der Waals surface area contributed by atoms with Gasteiger partial charge in [0.2, 0.25) is 0 Å². The smallest absolute Gasteiger partial charge is 0.407 e. The molecule has 214 valence electrons. The molecule has 2 aromatic carbocycles. The van der Waals surface area contributed by atoms with Crippen LogP contribution in [0.15, 0.2) is 60.7 Å². The molecule has 7 N–H and O–H groups in total. The monoisotopic (exact) mass is 544 g/mol. The summed E-state index contributed by atoms with van der Waals surface area (Å²) in [5.74, 6) is -1.02. The normalized spacial score (nSPS) is 11.7. The molecule has 1 atom stereocenters. The van der Waals surface area contributed by atoms with Gasteiger partial charge >= 0.3 is 18.2 Å². The number of carbonyl (C=O) groups is 3. The maximum absolute atomic E-state index is 12.2. The van der Waals surface area contributed by atoms with Crippen molar-refractivity contribution in [2.75, 3.05) is 58.9 Å². The van der Waals surface area contributed by atoms with Crippen LogP contribution in [0.4, 0.5) is 9.59 Å². The van der Waals surface area contributed by atoms with E-state index in [0.717, 1.165) is 11.1 Å². The summed E-state index contributed by atoms with van der Waals surface area (Å²) in [4.78, 5) is 39.8. The van der Waals surface area contributed by atoms with Gasteiger partial charge < -0.3 is 36.7 Å². The van der Waals surface area contributed by atoms with Crippen molar-refractivity contribution in [2.24, 2.45) is 11.5 Å². The lowest BCUT2D eigenvalue weighted by Crippen LogP contribution is -2.53. The standard InChI is InChI=1S/C27H40N6O6/c28-11-15-32(17-13-30-26(36)38-20-22-7-3-1-4-8-22)19-24(25(34)35)33(16-12-29)18-14-31-27(37)39-21-23-9-5-2-6-10-23/h1-10,24H,11-21,28-29H2,(H,30,36)(H,31,37)(H,34,35). The van der Waals surface area contributed by atoms with Gasteiger partial charge in [-0.05, 0) is 11.1 Å². The molecule has 0 radical (unpaired) electrons. The number of aliphatic carboxylic acids is 1. The van der Waals surface area contributed by atoms with Gasteiger partial charge in [0.1, 0.15) is 19.3 Å². The van der Waals surface area contributed by atoms with Crippen molar-refractivity contribution in [3.05, 3.63) is 71.8 Å². The summed E-state index contributed by atoms with van der Waals surface area (Å²) in [6.07, 6.45) is -1.15. The number of benzene rings is 2. The summed E-state index contributed by atoms with van der Waals surface area (Å²) in [6, 6.07) is 17.7. The molecular formula is C27H40N6O6. The van der Waals surface area contributed by atoms with E-state index in [1.807, 2.05) is 65.6 Å². The first-order valence-electron chi connectivity index (χ1n) is 12.9. The summed E-state index contributed by atoms with van der Waals surface area (Å²) in [7, 11) is 0. The number of carbonyl (C=O) groups excluding carboxylic acids is 2. The first-order chi connectivity index (χ1) is 18.9. The van der Waals surface area contributed by atoms with Crippen LogP contribution < -0.4 is 22.1 Å². The predicted octanol–water partition coefficient (Wildman–Crippen LogP) is 0.814. The predicted molar refractivity (Wildman–Crippen MR) is 147 cm³/mol. The van der Waals surface area contributed by atoms with E-state index in [-0.39, 0.29) is 45.9 Å². The zero-order valence-electron chi connectivity index (χ0n) is 22.2. The Hall–Kier alpha value is -3.71. The Morgan fingerprint density at radius 2 is 1.23 bits per heavy atom. The van der Waals surface area contributed by atoms with E-state index < -0.39 is 24.2 Å². The fraction of sp³-hybridized carbons (Fsp3) is 0.444. The second-order valence-corrected chi connectivity index (χ2v) is 8.74. The maximum atomic E-state index is 12.2. The lowest BCUT2D eigenvalue weighted by Gasteiger charge is -2.33. The van der Waals surface area contributed by atoms with Gasteiger partial charge in [0.15, 0.2) is 0 Å². The molecule has 12 heteroatoms. The van der Waals surface area contributed by atoms with E-state index in [2.05, 4.69) is 10.6 Å². The van der Waals surface area contributed by atoms with Gasteiger partial charge in [0.05, 0.1) is 0 Å². The van der Waals surface area contributed by atoms with Crippen LogP contribution in [0.2, 0.25) is 0 Å². The molecule has 2 rings (SSSR count). The number of rotatable bonds is 18. The highest BCUT2D eigenvalue weighted by Crippen LogP contribution is 2.05. The topological polar surface area (TPSA) is 172 Å². The third-order valence-corrected chi connectivity index (χ3v) is 5.81. The summed E-state index contributed by atoms with van der Waals surface area (Å²) in [6.45, 7) is 2.84. The molecule has 39 heavy (non-hydrogen) atoms. The molecule has 0 fully saturated rings. The van der Waals surface area contributed by atoms with Gasteiger partial charge in [-0.2, -0.15) is 0 Å². The third-order valence-electron chi connectivity index (χ3n) is 5.81. The number of nitrogens with one attached hydrogen (secondary N) is 2. The molecule has 2 amide bonds. The van der Waals surface area contributed by atoms with Crippen LogP contribution in [-0.2, 0) is 27.5 Å². The average molecular weight is 545 g/mol. The van der Waals surface area contributed by atoms with Crippen molar-refractivity contribution in [2.45, 2.75) is 19.3 Å². The number of carboxylic acids is 1. The van der Waals surface area contributed by atoms with Crippen LogP contribution in [0.5, 0.6) is 0 Å². The van der Waals surface area contributed by atoms with Crippen LogP contribution in [-0.4, -0.2) is 98.0 Å². The third kappa shape index (κ3) is 13.1. The average Bonchev–Trinajstić information content (AvgIpc) is 2.94. The molecule has 0 aromatic heterocycles. The second-order valence-electron chi connectivity index (χ2n) is 8.74. The summed E-state index contributed by atoms with van der Waals surface area (Å²) < 4.78 is 10.4. The number of nitrogens with two attached hydrogens (primary N) is 2. The van der Waals surface area contributed by atoms with E-state index in [1.54, 1.807) is 4.90 Å². The Balaban J connectivity index is 1.81. The van der Waals surface area contributed by atoms with E-state index in [4.69, 9.17) is 20.9 Å². The van der Waals surface area contributed by atoms with Gasteiger partial charge in [-0.25, -0.2) is 9.59 Å². The van der Waals surface area contributed by atoms with Crippen molar-refractivity contribution in [1.82, 2.24) is 20.4 Å². The fourth-order valence-electron chi connectivity index (χ4n) is 3.83. The largest absolute Gasteiger partial charge is 0.480 e. The van der Waals surface area contributed by atoms with Gasteiger partial charge in [0, 0.05) is 58.9 Å². The molecule has 0 bridgehead atoms. The minimum atomic E-state index is -1.02. The fourth-order valence-corrected chi connectivity index (χ4v) is 3.83. The van der Waals surface area contributed by atoms with Crippen molar-refractivity contribution >= 4 is 18.2 Å². The minimum absolute atomic E-state index is 0.138. The van der Waals surface area contributed by atoms with E-state index in [9.17, 15) is 19.5 Å². The van der Waals surface area contributed by atoms with Crippen LogP contribution in [0.3, 0.4) is 0 Å². The molecule has 0 aliphatic rings. The van der Waals surface area contributed by atoms with Crippen molar-refractivity contribution < 1.29 is 29.0 Å². The van der Waals surface area contributed by atoms with E-state index >= 15 is 0 Å². The van der Waals surface area contributed by atoms with Crippen LogP contribution in [0, 0.1) is 0 Å². The van der Waals surface area contributed by atoms with Crippen molar-refractivity contribution in [3.8, 4) is 0 Å². The molecular weight excluding hydrogens is 504 g/mol. The highest BCUT2D eigenvalue weighted by molar-refractivity contribution is 5.74. The highest BCUT2D eigenvalue weighted by Gasteiger charge is 2.27. The second kappa shape index (κ2) is 18.5. The molecule has 0 aliphatic carbocycles. The highest BCUT2D eigenvalue weighted by atomic mass is 16.6. The van der Waals surface area contributed by atoms with Crippen LogP contribution >= 0.6 is 0 Å². The number of hydrogen-bond acceptors (Lipinski definition) is 9. The number of carboxylic acid groups (broad SMARTS) is 1. The lowest BCUT2D eigenvalue weighted by atomic mass is 10.2. The number of alkyl carbamates (subject to hydrolysis) is 2. The number of hydrogen-bond donors (Lipinski definition) is 5. The summed E-state index contributed by atoms with van der Waals surface area (Å²) >= 11 is 0. The summed E-state index contributed by atoms with van der Waals surface area (Å²) in [5, 5.41) is 15.3. The molecule has 0 saturated carbocycles. The molecule has 1 unspecified atom stereocenters. The number of nitrogens with zero attached hydrogens (tertiary/aromatic N) is 2. The molecule has 0 aliphatic heterocycles. The maximum Gasteiger partial charge on any atom is 0.407 e. The van der Waals surface area contributed by atoms with Gasteiger partial charge in [0.25, 0.3) is 0 Å². The SMILES string of the molecule is NCCN(CCNC(=O)OCc1ccccc1)CC(C(=O)O)N(CCN)CCNC(=O)OCc1ccccc1. The Morgan fingerprint density at radius 1 is 0.744 bits per heavy atom. The Morgan fingerprint density at radius 3 is 1.69 bits per heavy atom. The first-order valence-corrected chi connectivity index (χ1v) is 12.9. The molecule has 12 nitrogen and oxygen atoms in total. The van der Waals surface area contributed by atoms with Gasteiger partial charge in [-0.1, -0.05) is 60.7 Å². The Labute approximate surface area is 229 Å². The zero-order chi connectivity index (χ0) is 28.3. The summed E-state index contributed by atoms with van der Waals surface area (Å²) in [5.41, 5.74) is 13.2. The molecule has 0 saturated heterocycles. The molecule has 0 heterocycles. The van der Waals surface area contributed by atoms with E-state index in [1.165, 1.54) is 0 Å². The van der Waals surface area contributed by atoms with Gasteiger partial charge in [-0.15, -0.1) is 0 Å². The number of amides is 2. The first kappa shape index (κ1) is 31.5.